The van der Waals surface area contributed by atoms with Crippen molar-refractivity contribution in [3.8, 4) is 5.69 Å². The number of carbonyl (C=O) groups is 1. The Morgan fingerprint density at radius 3 is 2.65 bits per heavy atom. The largest absolute Gasteiger partial charge is 0.369 e. The van der Waals surface area contributed by atoms with Crippen molar-refractivity contribution in [3.63, 3.8) is 0 Å². The summed E-state index contributed by atoms with van der Waals surface area (Å²) in [5, 5.41) is 18.2. The summed E-state index contributed by atoms with van der Waals surface area (Å²) in [5.74, 6) is -0.773. The number of amides is 1. The van der Waals surface area contributed by atoms with Crippen molar-refractivity contribution in [2.45, 2.75) is 19.9 Å². The second-order valence-electron chi connectivity index (χ2n) is 8.24. The Morgan fingerprint density at radius 1 is 1.18 bits per heavy atom. The van der Waals surface area contributed by atoms with E-state index >= 15 is 0 Å². The van der Waals surface area contributed by atoms with Crippen molar-refractivity contribution >= 4 is 17.3 Å². The van der Waals surface area contributed by atoms with E-state index in [4.69, 9.17) is 0 Å². The topological polar surface area (TPSA) is 96.5 Å². The molecule has 1 atom stereocenters. The second-order valence-corrected chi connectivity index (χ2v) is 8.24. The molecule has 0 spiro atoms. The van der Waals surface area contributed by atoms with E-state index in [0.717, 1.165) is 38.4 Å². The van der Waals surface area contributed by atoms with Gasteiger partial charge in [-0.25, -0.2) is 9.07 Å². The maximum Gasteiger partial charge on any atom is 0.272 e. The van der Waals surface area contributed by atoms with Crippen molar-refractivity contribution < 1.29 is 14.1 Å². The third kappa shape index (κ3) is 5.07. The molecule has 1 aromatic heterocycles. The van der Waals surface area contributed by atoms with Crippen molar-refractivity contribution in [1.29, 1.82) is 0 Å². The van der Waals surface area contributed by atoms with E-state index in [1.54, 1.807) is 24.4 Å². The molecular weight excluding hydrogens is 439 g/mol. The lowest BCUT2D eigenvalue weighted by molar-refractivity contribution is -0.384. The highest BCUT2D eigenvalue weighted by Crippen LogP contribution is 2.28. The van der Waals surface area contributed by atoms with E-state index in [-0.39, 0.29) is 17.2 Å². The highest BCUT2D eigenvalue weighted by Gasteiger charge is 2.23. The summed E-state index contributed by atoms with van der Waals surface area (Å²) in [7, 11) is 0. The van der Waals surface area contributed by atoms with Crippen molar-refractivity contribution in [2.75, 3.05) is 37.6 Å². The summed E-state index contributed by atoms with van der Waals surface area (Å²) in [6.07, 6.45) is 1.57. The quantitative estimate of drug-likeness (QED) is 0.423. The van der Waals surface area contributed by atoms with Gasteiger partial charge in [-0.2, -0.15) is 5.10 Å². The van der Waals surface area contributed by atoms with Gasteiger partial charge in [0.1, 0.15) is 5.82 Å². The fourth-order valence-corrected chi connectivity index (χ4v) is 4.15. The van der Waals surface area contributed by atoms with Crippen LogP contribution >= 0.6 is 0 Å². The molecule has 0 radical (unpaired) electrons. The van der Waals surface area contributed by atoms with Crippen LogP contribution in [0.2, 0.25) is 0 Å². The number of nitro groups is 1. The fourth-order valence-electron chi connectivity index (χ4n) is 4.15. The summed E-state index contributed by atoms with van der Waals surface area (Å²) < 4.78 is 15.5. The van der Waals surface area contributed by atoms with Gasteiger partial charge in [-0.1, -0.05) is 13.0 Å². The maximum atomic E-state index is 14.1. The number of likely N-dealkylation sites (N-methyl/N-ethyl adjacent to an activating group) is 1. The Bertz CT molecular complexity index is 1190. The Kier molecular flexibility index (Phi) is 6.87. The Morgan fingerprint density at radius 2 is 1.94 bits per heavy atom. The van der Waals surface area contributed by atoms with Crippen molar-refractivity contribution in [3.05, 3.63) is 81.9 Å². The number of halogens is 1. The molecule has 178 valence electrons. The van der Waals surface area contributed by atoms with Gasteiger partial charge in [0.2, 0.25) is 0 Å². The van der Waals surface area contributed by atoms with Gasteiger partial charge in [-0.3, -0.25) is 14.9 Å². The molecule has 1 fully saturated rings. The summed E-state index contributed by atoms with van der Waals surface area (Å²) in [6, 6.07) is 11.8. The first-order valence-electron chi connectivity index (χ1n) is 11.2. The van der Waals surface area contributed by atoms with Crippen LogP contribution in [0.1, 0.15) is 35.9 Å². The molecule has 3 aromatic rings. The van der Waals surface area contributed by atoms with Gasteiger partial charge in [0.15, 0.2) is 5.69 Å². The molecule has 0 bridgehead atoms. The number of hydrogen-bond donors (Lipinski definition) is 1. The van der Waals surface area contributed by atoms with Gasteiger partial charge in [0.05, 0.1) is 16.7 Å². The minimum absolute atomic E-state index is 0.0639. The Hall–Kier alpha value is -3.79. The molecule has 1 aliphatic rings. The van der Waals surface area contributed by atoms with Gasteiger partial charge >= 0.3 is 0 Å². The minimum Gasteiger partial charge on any atom is -0.369 e. The molecule has 1 unspecified atom stereocenters. The first-order valence-corrected chi connectivity index (χ1v) is 11.2. The number of aromatic nitrogens is 2. The van der Waals surface area contributed by atoms with Gasteiger partial charge in [0.25, 0.3) is 11.6 Å². The van der Waals surface area contributed by atoms with E-state index in [9.17, 15) is 19.3 Å². The maximum absolute atomic E-state index is 14.1. The first kappa shape index (κ1) is 23.4. The Balaban J connectivity index is 1.50. The number of piperazine rings is 1. The van der Waals surface area contributed by atoms with Gasteiger partial charge in [0, 0.05) is 55.8 Å². The number of non-ortho nitro benzene ring substituents is 1. The van der Waals surface area contributed by atoms with Crippen molar-refractivity contribution in [2.24, 2.45) is 0 Å². The van der Waals surface area contributed by atoms with Crippen LogP contribution in [0.25, 0.3) is 5.69 Å². The smallest absolute Gasteiger partial charge is 0.272 e. The molecular formula is C24H27FN6O3. The molecule has 9 nitrogen and oxygen atoms in total. The lowest BCUT2D eigenvalue weighted by atomic mass is 10.0. The molecule has 1 aliphatic heterocycles. The molecule has 4 rings (SSSR count). The summed E-state index contributed by atoms with van der Waals surface area (Å²) in [5.41, 5.74) is 2.18. The van der Waals surface area contributed by atoms with E-state index in [0.29, 0.717) is 11.3 Å². The molecule has 2 aromatic carbocycles. The highest BCUT2D eigenvalue weighted by molar-refractivity contribution is 5.92. The van der Waals surface area contributed by atoms with E-state index in [1.165, 1.54) is 35.0 Å². The van der Waals surface area contributed by atoms with Crippen LogP contribution in [-0.4, -0.2) is 58.2 Å². The third-order valence-corrected chi connectivity index (χ3v) is 6.09. The van der Waals surface area contributed by atoms with Crippen LogP contribution < -0.4 is 10.2 Å². The Labute approximate surface area is 196 Å². The van der Waals surface area contributed by atoms with Crippen LogP contribution in [0.15, 0.2) is 54.7 Å². The van der Waals surface area contributed by atoms with Crippen LogP contribution in [0.3, 0.4) is 0 Å². The third-order valence-electron chi connectivity index (χ3n) is 6.09. The standard InChI is InChI=1S/C24H27FN6O3/c1-3-28-11-13-29(14-12-28)23-8-7-18(25)15-21(23)17(2)26-24(32)22-9-10-30(27-22)19-5-4-6-20(16-19)31(33)34/h4-10,15-17H,3,11-14H2,1-2H3,(H,26,32). The van der Waals surface area contributed by atoms with E-state index in [1.807, 2.05) is 6.92 Å². The predicted molar refractivity (Wildman–Crippen MR) is 127 cm³/mol. The molecule has 1 amide bonds. The number of hydrogen-bond acceptors (Lipinski definition) is 6. The average Bonchev–Trinajstić information content (AvgIpc) is 3.35. The molecule has 0 saturated carbocycles. The van der Waals surface area contributed by atoms with Gasteiger partial charge < -0.3 is 15.1 Å². The summed E-state index contributed by atoms with van der Waals surface area (Å²) in [6.45, 7) is 8.49. The zero-order chi connectivity index (χ0) is 24.2. The summed E-state index contributed by atoms with van der Waals surface area (Å²) in [4.78, 5) is 28.0. The molecule has 2 heterocycles. The van der Waals surface area contributed by atoms with Crippen molar-refractivity contribution in [1.82, 2.24) is 20.0 Å². The molecule has 34 heavy (non-hydrogen) atoms. The SMILES string of the molecule is CCN1CCN(c2ccc(F)cc2C(C)NC(=O)c2ccn(-c3cccc([N+](=O)[O-])c3)n2)CC1. The molecule has 10 heteroatoms. The lowest BCUT2D eigenvalue weighted by Crippen LogP contribution is -2.46. The number of benzene rings is 2. The fraction of sp³-hybridized carbons (Fsp3) is 0.333. The van der Waals surface area contributed by atoms with E-state index in [2.05, 4.69) is 27.1 Å². The van der Waals surface area contributed by atoms with E-state index < -0.39 is 16.9 Å². The first-order chi connectivity index (χ1) is 16.4. The van der Waals surface area contributed by atoms with Crippen LogP contribution in [0.5, 0.6) is 0 Å². The normalized spacial score (nSPS) is 15.2. The molecule has 0 aliphatic carbocycles. The number of anilines is 1. The minimum atomic E-state index is -0.485. The highest BCUT2D eigenvalue weighted by atomic mass is 19.1. The lowest BCUT2D eigenvalue weighted by Gasteiger charge is -2.37. The van der Waals surface area contributed by atoms with Gasteiger partial charge in [-0.05, 0) is 43.8 Å². The number of nitrogens with zero attached hydrogens (tertiary/aromatic N) is 5. The van der Waals surface area contributed by atoms with Crippen LogP contribution in [0, 0.1) is 15.9 Å². The zero-order valence-electron chi connectivity index (χ0n) is 19.1. The predicted octanol–water partition coefficient (Wildman–Crippen LogP) is 3.55. The van der Waals surface area contributed by atoms with Crippen LogP contribution in [0.4, 0.5) is 15.8 Å². The van der Waals surface area contributed by atoms with Gasteiger partial charge in [-0.15, -0.1) is 0 Å². The second kappa shape index (κ2) is 10.0. The molecule has 1 N–H and O–H groups in total. The number of nitro benzene ring substituents is 1. The average molecular weight is 467 g/mol. The summed E-state index contributed by atoms with van der Waals surface area (Å²) >= 11 is 0. The molecule has 1 saturated heterocycles. The zero-order valence-corrected chi connectivity index (χ0v) is 19.1. The number of rotatable bonds is 7. The number of carbonyl (C=O) groups excluding carboxylic acids is 1. The number of nitrogens with one attached hydrogen (secondary N) is 1. The van der Waals surface area contributed by atoms with Crippen LogP contribution in [-0.2, 0) is 0 Å². The monoisotopic (exact) mass is 466 g/mol.